The molecule has 0 saturated carbocycles. The third kappa shape index (κ3) is 3.99. The fourth-order valence-electron chi connectivity index (χ4n) is 4.10. The highest BCUT2D eigenvalue weighted by Crippen LogP contribution is 2.42. The van der Waals surface area contributed by atoms with E-state index in [9.17, 15) is 14.7 Å². The van der Waals surface area contributed by atoms with Crippen molar-refractivity contribution in [3.8, 4) is 0 Å². The molecule has 0 bridgehead atoms. The minimum absolute atomic E-state index is 0.0298. The molecule has 164 valence electrons. The molecule has 0 aromatic heterocycles. The van der Waals surface area contributed by atoms with Crippen molar-refractivity contribution in [3.05, 3.63) is 87.4 Å². The minimum Gasteiger partial charge on any atom is -0.507 e. The van der Waals surface area contributed by atoms with Gasteiger partial charge in [-0.2, -0.15) is 0 Å². The van der Waals surface area contributed by atoms with Gasteiger partial charge in [0.05, 0.1) is 21.7 Å². The number of likely N-dealkylation sites (tertiary alicyclic amines) is 1. The number of aliphatic hydroxyl groups is 1. The van der Waals surface area contributed by atoms with Gasteiger partial charge in [-0.1, -0.05) is 65.7 Å². The number of ether oxygens (including phenoxy) is 1. The molecule has 7 heteroatoms. The van der Waals surface area contributed by atoms with E-state index >= 15 is 0 Å². The van der Waals surface area contributed by atoms with Crippen molar-refractivity contribution in [2.75, 3.05) is 20.3 Å². The Hall–Kier alpha value is -2.86. The predicted octanol–water partition coefficient (Wildman–Crippen LogP) is 5.60. The van der Waals surface area contributed by atoms with Gasteiger partial charge in [-0.25, -0.2) is 0 Å². The van der Waals surface area contributed by atoms with Gasteiger partial charge in [0.15, 0.2) is 0 Å². The fourth-order valence-corrected chi connectivity index (χ4v) is 4.40. The van der Waals surface area contributed by atoms with E-state index < -0.39 is 17.7 Å². The van der Waals surface area contributed by atoms with Crippen molar-refractivity contribution in [1.82, 2.24) is 4.90 Å². The van der Waals surface area contributed by atoms with Crippen LogP contribution in [0, 0.1) is 0 Å². The van der Waals surface area contributed by atoms with Crippen LogP contribution >= 0.6 is 23.2 Å². The number of Topliss-reactive ketones (excluding diaryl/α,β-unsaturated/α-hetero) is 1. The van der Waals surface area contributed by atoms with Crippen molar-refractivity contribution in [1.29, 1.82) is 0 Å². The maximum atomic E-state index is 13.1. The maximum Gasteiger partial charge on any atom is 0.295 e. The normalized spacial score (nSPS) is 18.0. The fraction of sp³-hybridized carbons (Fsp3) is 0.200. The lowest BCUT2D eigenvalue weighted by atomic mass is 9.91. The summed E-state index contributed by atoms with van der Waals surface area (Å²) < 4.78 is 5.13. The second-order valence-corrected chi connectivity index (χ2v) is 8.35. The van der Waals surface area contributed by atoms with Crippen LogP contribution in [0.2, 0.25) is 10.0 Å². The number of hydrogen-bond donors (Lipinski definition) is 1. The molecule has 1 fully saturated rings. The molecule has 32 heavy (non-hydrogen) atoms. The second kappa shape index (κ2) is 9.33. The molecule has 1 N–H and O–H groups in total. The monoisotopic (exact) mass is 469 g/mol. The molecule has 1 aliphatic heterocycles. The number of methoxy groups -OCH3 is 1. The molecular weight excluding hydrogens is 449 g/mol. The molecule has 1 aliphatic rings. The summed E-state index contributed by atoms with van der Waals surface area (Å²) in [5.74, 6) is -1.67. The van der Waals surface area contributed by atoms with Gasteiger partial charge in [0.25, 0.3) is 11.7 Å². The number of aliphatic hydroxyl groups excluding tert-OH is 1. The zero-order chi connectivity index (χ0) is 22.8. The number of nitrogens with zero attached hydrogens (tertiary/aromatic N) is 1. The van der Waals surface area contributed by atoms with E-state index in [1.807, 2.05) is 42.5 Å². The maximum absolute atomic E-state index is 13.1. The number of fused-ring (bicyclic) bond motifs is 1. The van der Waals surface area contributed by atoms with Gasteiger partial charge in [0.2, 0.25) is 0 Å². The number of carbonyl (C=O) groups is 2. The Morgan fingerprint density at radius 2 is 1.78 bits per heavy atom. The van der Waals surface area contributed by atoms with Crippen LogP contribution in [0.4, 0.5) is 0 Å². The van der Waals surface area contributed by atoms with Crippen molar-refractivity contribution in [3.63, 3.8) is 0 Å². The van der Waals surface area contributed by atoms with Crippen LogP contribution in [0.3, 0.4) is 0 Å². The number of carbonyl (C=O) groups excluding carboxylic acids is 2. The Kier molecular flexibility index (Phi) is 6.51. The van der Waals surface area contributed by atoms with Crippen LogP contribution in [0.25, 0.3) is 16.5 Å². The number of rotatable bonds is 6. The number of halogens is 2. The highest BCUT2D eigenvalue weighted by Gasteiger charge is 2.46. The van der Waals surface area contributed by atoms with E-state index in [0.29, 0.717) is 30.2 Å². The third-order valence-corrected chi connectivity index (χ3v) is 6.34. The molecule has 3 aromatic rings. The molecule has 1 atom stereocenters. The highest BCUT2D eigenvalue weighted by atomic mass is 35.5. The summed E-state index contributed by atoms with van der Waals surface area (Å²) in [5.41, 5.74) is 1.11. The van der Waals surface area contributed by atoms with E-state index in [-0.39, 0.29) is 16.4 Å². The first kappa shape index (κ1) is 22.3. The third-order valence-electron chi connectivity index (χ3n) is 5.60. The first-order valence-corrected chi connectivity index (χ1v) is 10.9. The van der Waals surface area contributed by atoms with Crippen LogP contribution in [-0.2, 0) is 14.3 Å². The number of amides is 1. The summed E-state index contributed by atoms with van der Waals surface area (Å²) in [6, 6.07) is 17.3. The molecule has 0 radical (unpaired) electrons. The van der Waals surface area contributed by atoms with Crippen LogP contribution in [0.5, 0.6) is 0 Å². The summed E-state index contributed by atoms with van der Waals surface area (Å²) >= 11 is 12.1. The van der Waals surface area contributed by atoms with Crippen molar-refractivity contribution in [2.24, 2.45) is 0 Å². The zero-order valence-electron chi connectivity index (χ0n) is 17.3. The zero-order valence-corrected chi connectivity index (χ0v) is 18.9. The summed E-state index contributed by atoms with van der Waals surface area (Å²) in [7, 11) is 1.58. The highest BCUT2D eigenvalue weighted by molar-refractivity contribution is 6.47. The summed E-state index contributed by atoms with van der Waals surface area (Å²) in [6.07, 6.45) is 0.553. The van der Waals surface area contributed by atoms with E-state index in [1.54, 1.807) is 19.2 Å². The van der Waals surface area contributed by atoms with E-state index in [1.165, 1.54) is 11.0 Å². The van der Waals surface area contributed by atoms with Gasteiger partial charge in [-0.15, -0.1) is 0 Å². The summed E-state index contributed by atoms with van der Waals surface area (Å²) in [6.45, 7) is 0.752. The van der Waals surface area contributed by atoms with Crippen LogP contribution in [0.15, 0.2) is 66.2 Å². The van der Waals surface area contributed by atoms with E-state index in [2.05, 4.69) is 0 Å². The molecule has 3 aromatic carbocycles. The van der Waals surface area contributed by atoms with Crippen molar-refractivity contribution < 1.29 is 19.4 Å². The second-order valence-electron chi connectivity index (χ2n) is 7.54. The number of benzene rings is 3. The van der Waals surface area contributed by atoms with Gasteiger partial charge in [-0.3, -0.25) is 9.59 Å². The lowest BCUT2D eigenvalue weighted by molar-refractivity contribution is -0.140. The van der Waals surface area contributed by atoms with Crippen LogP contribution in [0.1, 0.15) is 23.6 Å². The topological polar surface area (TPSA) is 66.8 Å². The number of hydrogen-bond acceptors (Lipinski definition) is 4. The molecular formula is C25H21Cl2NO4. The molecule has 1 amide bonds. The van der Waals surface area contributed by atoms with Gasteiger partial charge in [-0.05, 0) is 41.0 Å². The molecule has 0 spiro atoms. The first-order valence-electron chi connectivity index (χ1n) is 10.1. The summed E-state index contributed by atoms with van der Waals surface area (Å²) in [5, 5.41) is 13.6. The van der Waals surface area contributed by atoms with Crippen molar-refractivity contribution >= 4 is 51.4 Å². The van der Waals surface area contributed by atoms with Crippen molar-refractivity contribution in [2.45, 2.75) is 12.5 Å². The Labute approximate surface area is 195 Å². The van der Waals surface area contributed by atoms with Gasteiger partial charge < -0.3 is 14.7 Å². The van der Waals surface area contributed by atoms with E-state index in [4.69, 9.17) is 27.9 Å². The molecule has 1 unspecified atom stereocenters. The SMILES string of the molecule is COCCCN1C(=O)C(=O)/C(=C(\O)c2ccc(Cl)c(Cl)c2)C1c1cccc2ccccc12. The Morgan fingerprint density at radius 3 is 2.53 bits per heavy atom. The Morgan fingerprint density at radius 1 is 1.03 bits per heavy atom. The largest absolute Gasteiger partial charge is 0.507 e. The average molecular weight is 470 g/mol. The quantitative estimate of drug-likeness (QED) is 0.220. The molecule has 1 saturated heterocycles. The molecule has 1 heterocycles. The lowest BCUT2D eigenvalue weighted by Crippen LogP contribution is -2.31. The number of ketones is 1. The van der Waals surface area contributed by atoms with Gasteiger partial charge in [0.1, 0.15) is 5.76 Å². The lowest BCUT2D eigenvalue weighted by Gasteiger charge is -2.26. The smallest absolute Gasteiger partial charge is 0.295 e. The molecule has 5 nitrogen and oxygen atoms in total. The standard InChI is InChI=1S/C25H21Cl2NO4/c1-32-13-5-12-28-22(18-9-4-7-15-6-2-3-8-17(15)18)21(24(30)25(28)31)23(29)16-10-11-19(26)20(27)14-16/h2-4,6-11,14,22,29H,5,12-13H2,1H3/b23-21-. The van der Waals surface area contributed by atoms with Gasteiger partial charge >= 0.3 is 0 Å². The Bertz CT molecular complexity index is 1230. The van der Waals surface area contributed by atoms with Crippen LogP contribution < -0.4 is 0 Å². The Balaban J connectivity index is 1.93. The summed E-state index contributed by atoms with van der Waals surface area (Å²) in [4.78, 5) is 27.7. The predicted molar refractivity (Wildman–Crippen MR) is 126 cm³/mol. The minimum atomic E-state index is -0.743. The molecule has 0 aliphatic carbocycles. The average Bonchev–Trinajstić information content (AvgIpc) is 3.05. The first-order chi connectivity index (χ1) is 15.4. The van der Waals surface area contributed by atoms with Gasteiger partial charge in [0, 0.05) is 25.8 Å². The van der Waals surface area contributed by atoms with E-state index in [0.717, 1.165) is 16.3 Å². The van der Waals surface area contributed by atoms with Crippen LogP contribution in [-0.4, -0.2) is 42.0 Å². The molecule has 4 rings (SSSR count).